The molecule has 0 aliphatic heterocycles. The number of nitrogens with zero attached hydrogens (tertiary/aromatic N) is 4. The van der Waals surface area contributed by atoms with E-state index in [0.717, 1.165) is 10.9 Å². The molecule has 0 saturated carbocycles. The number of rotatable bonds is 4. The van der Waals surface area contributed by atoms with Crippen LogP contribution in [0.3, 0.4) is 0 Å². The van der Waals surface area contributed by atoms with E-state index in [4.69, 9.17) is 9.47 Å². The average Bonchev–Trinajstić information content (AvgIpc) is 2.72. The molecule has 2 aromatic heterocycles. The molecule has 0 spiro atoms. The van der Waals surface area contributed by atoms with Crippen LogP contribution in [-0.2, 0) is 0 Å². The van der Waals surface area contributed by atoms with Gasteiger partial charge in [-0.3, -0.25) is 4.40 Å². The molecule has 0 aromatic carbocycles. The second-order valence-corrected chi connectivity index (χ2v) is 4.13. The Morgan fingerprint density at radius 1 is 1.31 bits per heavy atom. The summed E-state index contributed by atoms with van der Waals surface area (Å²) in [6, 6.07) is 0. The van der Waals surface area contributed by atoms with Crippen molar-refractivity contribution < 1.29 is 9.47 Å². The van der Waals surface area contributed by atoms with Crippen molar-refractivity contribution in [2.45, 2.75) is 12.1 Å². The SMILES string of the molecule is CCSc1nnc2c(OC)nc(OC)cn12. The van der Waals surface area contributed by atoms with Gasteiger partial charge in [-0.1, -0.05) is 18.7 Å². The molecular weight excluding hydrogens is 228 g/mol. The third kappa shape index (κ3) is 1.78. The molecule has 16 heavy (non-hydrogen) atoms. The first-order valence-electron chi connectivity index (χ1n) is 4.76. The van der Waals surface area contributed by atoms with Crippen LogP contribution in [0.1, 0.15) is 6.92 Å². The summed E-state index contributed by atoms with van der Waals surface area (Å²) in [7, 11) is 3.10. The van der Waals surface area contributed by atoms with Crippen LogP contribution in [-0.4, -0.2) is 39.6 Å². The molecule has 0 bridgehead atoms. The highest BCUT2D eigenvalue weighted by Crippen LogP contribution is 2.24. The van der Waals surface area contributed by atoms with Crippen LogP contribution in [0.4, 0.5) is 0 Å². The lowest BCUT2D eigenvalue weighted by molar-refractivity contribution is 0.363. The fourth-order valence-corrected chi connectivity index (χ4v) is 1.93. The van der Waals surface area contributed by atoms with Crippen LogP contribution in [0, 0.1) is 0 Å². The van der Waals surface area contributed by atoms with Crippen LogP contribution in [0.15, 0.2) is 11.4 Å². The van der Waals surface area contributed by atoms with Crippen molar-refractivity contribution in [3.8, 4) is 11.8 Å². The van der Waals surface area contributed by atoms with Gasteiger partial charge >= 0.3 is 0 Å². The first-order valence-corrected chi connectivity index (χ1v) is 5.75. The second kappa shape index (κ2) is 4.56. The highest BCUT2D eigenvalue weighted by atomic mass is 32.2. The minimum absolute atomic E-state index is 0.412. The third-order valence-corrected chi connectivity index (χ3v) is 2.81. The Hall–Kier alpha value is -1.50. The van der Waals surface area contributed by atoms with Gasteiger partial charge < -0.3 is 9.47 Å². The van der Waals surface area contributed by atoms with Gasteiger partial charge in [-0.05, 0) is 5.75 Å². The molecule has 0 N–H and O–H groups in total. The van der Waals surface area contributed by atoms with Gasteiger partial charge in [-0.25, -0.2) is 0 Å². The van der Waals surface area contributed by atoms with Gasteiger partial charge in [0, 0.05) is 0 Å². The van der Waals surface area contributed by atoms with Crippen molar-refractivity contribution in [2.24, 2.45) is 0 Å². The van der Waals surface area contributed by atoms with Gasteiger partial charge in [-0.15, -0.1) is 10.2 Å². The number of methoxy groups -OCH3 is 2. The Balaban J connectivity index is 2.62. The van der Waals surface area contributed by atoms with Gasteiger partial charge in [0.1, 0.15) is 0 Å². The van der Waals surface area contributed by atoms with Crippen molar-refractivity contribution in [3.05, 3.63) is 6.20 Å². The smallest absolute Gasteiger partial charge is 0.263 e. The Morgan fingerprint density at radius 2 is 2.12 bits per heavy atom. The molecule has 0 aliphatic carbocycles. The Labute approximate surface area is 97.0 Å². The zero-order chi connectivity index (χ0) is 11.5. The largest absolute Gasteiger partial charge is 0.480 e. The molecule has 0 unspecified atom stereocenters. The van der Waals surface area contributed by atoms with Crippen LogP contribution < -0.4 is 9.47 Å². The molecule has 2 heterocycles. The molecule has 86 valence electrons. The van der Waals surface area contributed by atoms with E-state index in [1.54, 1.807) is 32.2 Å². The maximum Gasteiger partial charge on any atom is 0.263 e. The number of fused-ring (bicyclic) bond motifs is 1. The van der Waals surface area contributed by atoms with Crippen LogP contribution in [0.25, 0.3) is 5.65 Å². The molecule has 6 nitrogen and oxygen atoms in total. The lowest BCUT2D eigenvalue weighted by Crippen LogP contribution is -1.98. The minimum Gasteiger partial charge on any atom is -0.480 e. The van der Waals surface area contributed by atoms with E-state index in [0.29, 0.717) is 17.4 Å². The molecule has 0 atom stereocenters. The molecular formula is C9H12N4O2S. The Kier molecular flexibility index (Phi) is 3.14. The Morgan fingerprint density at radius 3 is 2.75 bits per heavy atom. The van der Waals surface area contributed by atoms with E-state index >= 15 is 0 Å². The molecule has 0 amide bonds. The average molecular weight is 240 g/mol. The summed E-state index contributed by atoms with van der Waals surface area (Å²) in [6.07, 6.45) is 1.75. The zero-order valence-electron chi connectivity index (χ0n) is 9.30. The van der Waals surface area contributed by atoms with Gasteiger partial charge in [0.25, 0.3) is 5.88 Å². The summed E-state index contributed by atoms with van der Waals surface area (Å²) in [5, 5.41) is 8.90. The predicted octanol–water partition coefficient (Wildman–Crippen LogP) is 1.25. The summed E-state index contributed by atoms with van der Waals surface area (Å²) in [4.78, 5) is 4.13. The number of thioether (sulfide) groups is 1. The Bertz CT molecular complexity index is 499. The summed E-state index contributed by atoms with van der Waals surface area (Å²) in [5.41, 5.74) is 0.597. The van der Waals surface area contributed by atoms with Crippen molar-refractivity contribution in [2.75, 3.05) is 20.0 Å². The van der Waals surface area contributed by atoms with Gasteiger partial charge in [-0.2, -0.15) is 4.98 Å². The van der Waals surface area contributed by atoms with Gasteiger partial charge in [0.2, 0.25) is 11.5 Å². The standard InChI is InChI=1S/C9H12N4O2S/c1-4-16-9-12-11-7-8(15-3)10-6(14-2)5-13(7)9/h5H,4H2,1-3H3. The quantitative estimate of drug-likeness (QED) is 0.750. The molecule has 0 aliphatic rings. The summed E-state index contributed by atoms with van der Waals surface area (Å²) in [6.45, 7) is 2.06. The molecule has 2 rings (SSSR count). The lowest BCUT2D eigenvalue weighted by Gasteiger charge is -2.04. The second-order valence-electron chi connectivity index (χ2n) is 2.90. The summed E-state index contributed by atoms with van der Waals surface area (Å²) < 4.78 is 12.0. The van der Waals surface area contributed by atoms with E-state index in [9.17, 15) is 0 Å². The van der Waals surface area contributed by atoms with E-state index < -0.39 is 0 Å². The van der Waals surface area contributed by atoms with Crippen LogP contribution >= 0.6 is 11.8 Å². The van der Waals surface area contributed by atoms with Crippen molar-refractivity contribution in [3.63, 3.8) is 0 Å². The van der Waals surface area contributed by atoms with Crippen LogP contribution in [0.5, 0.6) is 11.8 Å². The number of ether oxygens (including phenoxy) is 2. The molecule has 0 fully saturated rings. The molecule has 2 aromatic rings. The summed E-state index contributed by atoms with van der Waals surface area (Å²) in [5.74, 6) is 1.81. The third-order valence-electron chi connectivity index (χ3n) is 1.98. The number of hydrogen-bond donors (Lipinski definition) is 0. The van der Waals surface area contributed by atoms with E-state index in [1.807, 2.05) is 4.40 Å². The molecule has 7 heteroatoms. The lowest BCUT2D eigenvalue weighted by atomic mass is 10.6. The van der Waals surface area contributed by atoms with E-state index in [1.165, 1.54) is 0 Å². The maximum atomic E-state index is 5.14. The normalized spacial score (nSPS) is 10.7. The van der Waals surface area contributed by atoms with Gasteiger partial charge in [0.05, 0.1) is 20.4 Å². The van der Waals surface area contributed by atoms with Gasteiger partial charge in [0.15, 0.2) is 5.16 Å². The minimum atomic E-state index is 0.412. The predicted molar refractivity (Wildman–Crippen MR) is 60.3 cm³/mol. The van der Waals surface area contributed by atoms with Crippen molar-refractivity contribution in [1.29, 1.82) is 0 Å². The zero-order valence-corrected chi connectivity index (χ0v) is 10.1. The fourth-order valence-electron chi connectivity index (χ4n) is 1.29. The fraction of sp³-hybridized carbons (Fsp3) is 0.444. The summed E-state index contributed by atoms with van der Waals surface area (Å²) >= 11 is 1.60. The first kappa shape index (κ1) is 11.0. The maximum absolute atomic E-state index is 5.14. The number of aromatic nitrogens is 4. The molecule has 0 radical (unpaired) electrons. The highest BCUT2D eigenvalue weighted by molar-refractivity contribution is 7.99. The van der Waals surface area contributed by atoms with Crippen molar-refractivity contribution in [1.82, 2.24) is 19.6 Å². The van der Waals surface area contributed by atoms with Crippen LogP contribution in [0.2, 0.25) is 0 Å². The monoisotopic (exact) mass is 240 g/mol. The molecule has 0 saturated heterocycles. The van der Waals surface area contributed by atoms with E-state index in [2.05, 4.69) is 22.1 Å². The van der Waals surface area contributed by atoms with E-state index in [-0.39, 0.29) is 0 Å². The topological polar surface area (TPSA) is 61.5 Å². The van der Waals surface area contributed by atoms with Crippen molar-refractivity contribution >= 4 is 17.4 Å². The highest BCUT2D eigenvalue weighted by Gasteiger charge is 2.13. The first-order chi connectivity index (χ1) is 7.80. The number of hydrogen-bond acceptors (Lipinski definition) is 6.